The molecule has 1 aromatic rings. The first-order chi connectivity index (χ1) is 9.31. The van der Waals surface area contributed by atoms with Crippen LogP contribution in [0.1, 0.15) is 6.42 Å². The van der Waals surface area contributed by atoms with E-state index in [0.29, 0.717) is 11.2 Å². The van der Waals surface area contributed by atoms with Gasteiger partial charge in [-0.3, -0.25) is 9.78 Å². The average molecular weight is 275 g/mol. The fraction of sp³-hybridized carbons (Fsp3) is 0.429. The molecule has 4 nitrogen and oxygen atoms in total. The van der Waals surface area contributed by atoms with E-state index in [1.807, 2.05) is 24.1 Å². The molecule has 5 heteroatoms. The SMILES string of the molecule is CNC1C(=O)N(c2ccncc2)CCC2C=CSC21. The van der Waals surface area contributed by atoms with Crippen LogP contribution in [-0.2, 0) is 4.79 Å². The van der Waals surface area contributed by atoms with Crippen LogP contribution in [0.2, 0.25) is 0 Å². The van der Waals surface area contributed by atoms with Crippen molar-refractivity contribution in [3.05, 3.63) is 36.0 Å². The summed E-state index contributed by atoms with van der Waals surface area (Å²) in [5.41, 5.74) is 0.939. The van der Waals surface area contributed by atoms with E-state index in [2.05, 4.69) is 21.8 Å². The Morgan fingerprint density at radius 3 is 2.95 bits per heavy atom. The number of nitrogens with zero attached hydrogens (tertiary/aromatic N) is 2. The quantitative estimate of drug-likeness (QED) is 0.891. The Labute approximate surface area is 117 Å². The number of thioether (sulfide) groups is 1. The van der Waals surface area contributed by atoms with Crippen molar-refractivity contribution in [2.45, 2.75) is 17.7 Å². The first-order valence-electron chi connectivity index (χ1n) is 6.52. The number of allylic oxidation sites excluding steroid dienone is 1. The molecule has 1 aromatic heterocycles. The van der Waals surface area contributed by atoms with Gasteiger partial charge in [0.2, 0.25) is 5.91 Å². The van der Waals surface area contributed by atoms with Crippen molar-refractivity contribution in [3.8, 4) is 0 Å². The summed E-state index contributed by atoms with van der Waals surface area (Å²) < 4.78 is 0. The molecule has 0 aliphatic carbocycles. The normalized spacial score (nSPS) is 30.3. The molecule has 19 heavy (non-hydrogen) atoms. The predicted octanol–water partition coefficient (Wildman–Crippen LogP) is 1.65. The van der Waals surface area contributed by atoms with Crippen LogP contribution in [-0.4, -0.2) is 35.8 Å². The molecule has 3 rings (SSSR count). The van der Waals surface area contributed by atoms with E-state index in [0.717, 1.165) is 18.7 Å². The lowest BCUT2D eigenvalue weighted by molar-refractivity contribution is -0.120. The van der Waals surface area contributed by atoms with Gasteiger partial charge in [-0.15, -0.1) is 11.8 Å². The Bertz CT molecular complexity index is 491. The minimum Gasteiger partial charge on any atom is -0.311 e. The molecule has 3 unspecified atom stereocenters. The Hall–Kier alpha value is -1.33. The third-order valence-electron chi connectivity index (χ3n) is 3.82. The summed E-state index contributed by atoms with van der Waals surface area (Å²) in [7, 11) is 1.87. The molecule has 0 spiro atoms. The summed E-state index contributed by atoms with van der Waals surface area (Å²) in [6.45, 7) is 0.771. The van der Waals surface area contributed by atoms with E-state index < -0.39 is 0 Å². The highest BCUT2D eigenvalue weighted by Gasteiger charge is 2.40. The van der Waals surface area contributed by atoms with E-state index >= 15 is 0 Å². The lowest BCUT2D eigenvalue weighted by Gasteiger charge is -2.26. The van der Waals surface area contributed by atoms with Gasteiger partial charge < -0.3 is 10.2 Å². The van der Waals surface area contributed by atoms with Crippen LogP contribution < -0.4 is 10.2 Å². The second-order valence-electron chi connectivity index (χ2n) is 4.84. The second kappa shape index (κ2) is 5.35. The van der Waals surface area contributed by atoms with Crippen molar-refractivity contribution in [3.63, 3.8) is 0 Å². The highest BCUT2D eigenvalue weighted by molar-refractivity contribution is 8.03. The highest BCUT2D eigenvalue weighted by atomic mass is 32.2. The van der Waals surface area contributed by atoms with Crippen molar-refractivity contribution in [2.75, 3.05) is 18.5 Å². The maximum Gasteiger partial charge on any atom is 0.245 e. The zero-order valence-corrected chi connectivity index (χ0v) is 11.6. The summed E-state index contributed by atoms with van der Waals surface area (Å²) in [6.07, 6.45) is 6.72. The van der Waals surface area contributed by atoms with Crippen LogP contribution in [0, 0.1) is 5.92 Å². The molecule has 1 amide bonds. The summed E-state index contributed by atoms with van der Waals surface area (Å²) in [4.78, 5) is 18.6. The molecule has 0 aromatic carbocycles. The van der Waals surface area contributed by atoms with Gasteiger partial charge >= 0.3 is 0 Å². The van der Waals surface area contributed by atoms with Gasteiger partial charge in [-0.05, 0) is 36.9 Å². The maximum atomic E-state index is 12.7. The number of carbonyl (C=O) groups is 1. The molecule has 0 bridgehead atoms. The van der Waals surface area contributed by atoms with Gasteiger partial charge in [0.1, 0.15) is 0 Å². The smallest absolute Gasteiger partial charge is 0.245 e. The second-order valence-corrected chi connectivity index (χ2v) is 5.93. The van der Waals surface area contributed by atoms with Crippen molar-refractivity contribution in [2.24, 2.45) is 5.92 Å². The van der Waals surface area contributed by atoms with Crippen LogP contribution in [0.15, 0.2) is 36.0 Å². The minimum atomic E-state index is -0.124. The molecule has 1 saturated heterocycles. The zero-order valence-electron chi connectivity index (χ0n) is 10.8. The number of carbonyl (C=O) groups excluding carboxylic acids is 1. The van der Waals surface area contributed by atoms with E-state index in [1.165, 1.54) is 0 Å². The molecule has 0 radical (unpaired) electrons. The number of hydrogen-bond donors (Lipinski definition) is 1. The van der Waals surface area contributed by atoms with Crippen LogP contribution in [0.25, 0.3) is 0 Å². The predicted molar refractivity (Wildman–Crippen MR) is 78.1 cm³/mol. The number of fused-ring (bicyclic) bond motifs is 1. The number of rotatable bonds is 2. The lowest BCUT2D eigenvalue weighted by Crippen LogP contribution is -2.49. The van der Waals surface area contributed by atoms with Gasteiger partial charge in [-0.25, -0.2) is 0 Å². The van der Waals surface area contributed by atoms with Crippen molar-refractivity contribution in [1.82, 2.24) is 10.3 Å². The fourth-order valence-electron chi connectivity index (χ4n) is 2.80. The number of aromatic nitrogens is 1. The Morgan fingerprint density at radius 2 is 2.21 bits per heavy atom. The topological polar surface area (TPSA) is 45.2 Å². The first kappa shape index (κ1) is 12.7. The van der Waals surface area contributed by atoms with Gasteiger partial charge in [0.25, 0.3) is 0 Å². The summed E-state index contributed by atoms with van der Waals surface area (Å²) in [5, 5.41) is 5.65. The van der Waals surface area contributed by atoms with Gasteiger partial charge in [0.05, 0.1) is 6.04 Å². The molecular formula is C14H17N3OS. The number of likely N-dealkylation sites (N-methyl/N-ethyl adjacent to an activating group) is 1. The number of pyridine rings is 1. The number of hydrogen-bond acceptors (Lipinski definition) is 4. The zero-order chi connectivity index (χ0) is 13.2. The Kier molecular flexibility index (Phi) is 3.57. The third kappa shape index (κ3) is 2.28. The monoisotopic (exact) mass is 275 g/mol. The number of amides is 1. The van der Waals surface area contributed by atoms with Crippen molar-refractivity contribution in [1.29, 1.82) is 0 Å². The summed E-state index contributed by atoms with van der Waals surface area (Å²) >= 11 is 1.77. The minimum absolute atomic E-state index is 0.124. The maximum absolute atomic E-state index is 12.7. The number of nitrogens with one attached hydrogen (secondary N) is 1. The van der Waals surface area contributed by atoms with Gasteiger partial charge in [0, 0.05) is 29.9 Å². The fourth-order valence-corrected chi connectivity index (χ4v) is 4.11. The highest BCUT2D eigenvalue weighted by Crippen LogP contribution is 2.37. The van der Waals surface area contributed by atoms with Crippen molar-refractivity contribution < 1.29 is 4.79 Å². The van der Waals surface area contributed by atoms with Crippen LogP contribution in [0.5, 0.6) is 0 Å². The lowest BCUT2D eigenvalue weighted by atomic mass is 9.98. The molecular weight excluding hydrogens is 258 g/mol. The van der Waals surface area contributed by atoms with Gasteiger partial charge in [-0.1, -0.05) is 6.08 Å². The largest absolute Gasteiger partial charge is 0.311 e. The standard InChI is InChI=1S/C14H17N3OS/c1-15-12-13-10(5-9-19-13)4-8-17(14(12)18)11-2-6-16-7-3-11/h2-3,5-7,9-10,12-13,15H,4,8H2,1H3. The Balaban J connectivity index is 1.91. The number of anilines is 1. The molecule has 3 heterocycles. The summed E-state index contributed by atoms with van der Waals surface area (Å²) in [6, 6.07) is 3.67. The molecule has 100 valence electrons. The molecule has 2 aliphatic heterocycles. The van der Waals surface area contributed by atoms with Crippen LogP contribution in [0.4, 0.5) is 5.69 Å². The van der Waals surface area contributed by atoms with Gasteiger partial charge in [0.15, 0.2) is 0 Å². The van der Waals surface area contributed by atoms with E-state index in [1.54, 1.807) is 24.2 Å². The molecule has 3 atom stereocenters. The van der Waals surface area contributed by atoms with Crippen LogP contribution in [0.3, 0.4) is 0 Å². The molecule has 1 fully saturated rings. The van der Waals surface area contributed by atoms with E-state index in [-0.39, 0.29) is 11.9 Å². The molecule has 1 N–H and O–H groups in total. The molecule has 0 saturated carbocycles. The average Bonchev–Trinajstić information content (AvgIpc) is 2.85. The van der Waals surface area contributed by atoms with Crippen LogP contribution >= 0.6 is 11.8 Å². The molecule has 2 aliphatic rings. The third-order valence-corrected chi connectivity index (χ3v) is 5.07. The van der Waals surface area contributed by atoms with Crippen molar-refractivity contribution >= 4 is 23.4 Å². The van der Waals surface area contributed by atoms with Gasteiger partial charge in [-0.2, -0.15) is 0 Å². The van der Waals surface area contributed by atoms with E-state index in [9.17, 15) is 4.79 Å². The Morgan fingerprint density at radius 1 is 1.42 bits per heavy atom. The van der Waals surface area contributed by atoms with E-state index in [4.69, 9.17) is 0 Å². The first-order valence-corrected chi connectivity index (χ1v) is 7.46. The summed E-state index contributed by atoms with van der Waals surface area (Å²) in [5.74, 6) is 0.649.